The van der Waals surface area contributed by atoms with Gasteiger partial charge in [0.1, 0.15) is 0 Å². The minimum atomic E-state index is -0.855. The minimum Gasteiger partial charge on any atom is -0.466 e. The first-order valence-electron chi connectivity index (χ1n) is 22.8. The topological polar surface area (TPSA) is 95.9 Å². The molecule has 0 heterocycles. The molecule has 6 heteroatoms. The highest BCUT2D eigenvalue weighted by molar-refractivity contribution is 5.76. The first-order valence-corrected chi connectivity index (χ1v) is 22.8. The van der Waals surface area contributed by atoms with E-state index in [9.17, 15) is 19.8 Å². The fraction of sp³-hybridized carbons (Fsp3) is 0.830. The minimum absolute atomic E-state index is 0.0304. The van der Waals surface area contributed by atoms with Crippen molar-refractivity contribution < 1.29 is 24.5 Å². The third-order valence-electron chi connectivity index (χ3n) is 10.2. The van der Waals surface area contributed by atoms with E-state index in [1.54, 1.807) is 6.08 Å². The Bertz CT molecular complexity index is 869. The van der Waals surface area contributed by atoms with Crippen LogP contribution in [0.2, 0.25) is 0 Å². The Morgan fingerprint density at radius 2 is 0.943 bits per heavy atom. The smallest absolute Gasteiger partial charge is 0.305 e. The molecule has 53 heavy (non-hydrogen) atoms. The van der Waals surface area contributed by atoms with Crippen molar-refractivity contribution in [3.63, 3.8) is 0 Å². The van der Waals surface area contributed by atoms with Gasteiger partial charge in [-0.3, -0.25) is 9.59 Å². The number of hydrogen-bond acceptors (Lipinski definition) is 5. The molecular weight excluding hydrogens is 659 g/mol. The predicted molar refractivity (Wildman–Crippen MR) is 227 cm³/mol. The average molecular weight is 746 g/mol. The van der Waals surface area contributed by atoms with Crippen LogP contribution < -0.4 is 5.32 Å². The van der Waals surface area contributed by atoms with E-state index in [2.05, 4.69) is 43.5 Å². The zero-order valence-electron chi connectivity index (χ0n) is 35.0. The Labute approximate surface area is 328 Å². The lowest BCUT2D eigenvalue weighted by Gasteiger charge is -2.20. The molecular formula is C47H87NO5. The second-order valence-electron chi connectivity index (χ2n) is 15.4. The highest BCUT2D eigenvalue weighted by Crippen LogP contribution is 2.14. The molecule has 0 bridgehead atoms. The van der Waals surface area contributed by atoms with E-state index in [0.29, 0.717) is 19.4 Å². The van der Waals surface area contributed by atoms with Gasteiger partial charge in [-0.15, -0.1) is 0 Å². The number of ether oxygens (including phenoxy) is 1. The molecule has 1 amide bonds. The van der Waals surface area contributed by atoms with Gasteiger partial charge in [0.2, 0.25) is 5.91 Å². The molecule has 0 aromatic rings. The number of aliphatic hydroxyl groups excluding tert-OH is 2. The summed E-state index contributed by atoms with van der Waals surface area (Å²) in [5, 5.41) is 22.8. The molecule has 0 aromatic carbocycles. The number of amides is 1. The Kier molecular flexibility index (Phi) is 41.3. The summed E-state index contributed by atoms with van der Waals surface area (Å²) in [6.07, 6.45) is 49.9. The Morgan fingerprint density at radius 3 is 1.45 bits per heavy atom. The molecule has 0 aliphatic carbocycles. The number of allylic oxidation sites excluding steroid dienone is 5. The van der Waals surface area contributed by atoms with Gasteiger partial charge in [-0.1, -0.05) is 185 Å². The Morgan fingerprint density at radius 1 is 0.528 bits per heavy atom. The van der Waals surface area contributed by atoms with Crippen LogP contribution in [0.4, 0.5) is 0 Å². The van der Waals surface area contributed by atoms with Crippen LogP contribution >= 0.6 is 0 Å². The van der Waals surface area contributed by atoms with Crippen molar-refractivity contribution in [3.05, 3.63) is 36.5 Å². The number of carbonyl (C=O) groups excluding carboxylic acids is 2. The maximum atomic E-state index is 12.3. The summed E-state index contributed by atoms with van der Waals surface area (Å²) in [7, 11) is 0. The van der Waals surface area contributed by atoms with E-state index >= 15 is 0 Å². The number of esters is 1. The lowest BCUT2D eigenvalue weighted by Crippen LogP contribution is -2.45. The summed E-state index contributed by atoms with van der Waals surface area (Å²) >= 11 is 0. The molecule has 0 fully saturated rings. The first-order chi connectivity index (χ1) is 26.0. The highest BCUT2D eigenvalue weighted by Gasteiger charge is 2.18. The molecule has 310 valence electrons. The van der Waals surface area contributed by atoms with E-state index in [0.717, 1.165) is 70.6 Å². The average Bonchev–Trinajstić information content (AvgIpc) is 3.16. The lowest BCUT2D eigenvalue weighted by molar-refractivity contribution is -0.143. The van der Waals surface area contributed by atoms with Gasteiger partial charge in [-0.05, 0) is 64.2 Å². The van der Waals surface area contributed by atoms with Gasteiger partial charge in [-0.25, -0.2) is 0 Å². The largest absolute Gasteiger partial charge is 0.466 e. The summed E-state index contributed by atoms with van der Waals surface area (Å²) < 4.78 is 5.44. The summed E-state index contributed by atoms with van der Waals surface area (Å²) in [6, 6.07) is -0.640. The van der Waals surface area contributed by atoms with Crippen molar-refractivity contribution in [2.24, 2.45) is 0 Å². The van der Waals surface area contributed by atoms with E-state index in [4.69, 9.17) is 4.74 Å². The first kappa shape index (κ1) is 51.1. The molecule has 0 aliphatic rings. The van der Waals surface area contributed by atoms with Crippen molar-refractivity contribution in [3.8, 4) is 0 Å². The van der Waals surface area contributed by atoms with Crippen molar-refractivity contribution in [1.82, 2.24) is 5.32 Å². The third kappa shape index (κ3) is 39.6. The van der Waals surface area contributed by atoms with Crippen LogP contribution in [0.5, 0.6) is 0 Å². The number of hydrogen-bond donors (Lipinski definition) is 3. The van der Waals surface area contributed by atoms with Gasteiger partial charge in [0, 0.05) is 12.8 Å². The van der Waals surface area contributed by atoms with Crippen molar-refractivity contribution >= 4 is 11.9 Å². The van der Waals surface area contributed by atoms with Gasteiger partial charge in [0.15, 0.2) is 0 Å². The van der Waals surface area contributed by atoms with Gasteiger partial charge in [0.25, 0.3) is 0 Å². The molecule has 6 nitrogen and oxygen atoms in total. The van der Waals surface area contributed by atoms with Crippen LogP contribution in [0.25, 0.3) is 0 Å². The molecule has 3 N–H and O–H groups in total. The number of nitrogens with one attached hydrogen (secondary N) is 1. The monoisotopic (exact) mass is 746 g/mol. The SMILES string of the molecule is CCCCCC/C=C\C/C=C\CCCCCCCC(=O)OCCCCCCCCCCCCCC(=O)NC(CO)C(O)/C=C/CCCCCCCCC. The third-order valence-corrected chi connectivity index (χ3v) is 10.2. The maximum absolute atomic E-state index is 12.3. The molecule has 0 rings (SSSR count). The normalized spacial score (nSPS) is 13.1. The zero-order chi connectivity index (χ0) is 38.7. The van der Waals surface area contributed by atoms with Crippen LogP contribution in [0, 0.1) is 0 Å². The molecule has 0 saturated heterocycles. The van der Waals surface area contributed by atoms with E-state index < -0.39 is 12.1 Å². The summed E-state index contributed by atoms with van der Waals surface area (Å²) in [5.41, 5.74) is 0. The van der Waals surface area contributed by atoms with Crippen LogP contribution in [0.3, 0.4) is 0 Å². The van der Waals surface area contributed by atoms with E-state index in [1.165, 1.54) is 128 Å². The Hall–Kier alpha value is -1.92. The summed E-state index contributed by atoms with van der Waals surface area (Å²) in [5.74, 6) is -0.123. The molecule has 0 aromatic heterocycles. The van der Waals surface area contributed by atoms with E-state index in [-0.39, 0.29) is 18.5 Å². The maximum Gasteiger partial charge on any atom is 0.305 e. The second-order valence-corrected chi connectivity index (χ2v) is 15.4. The predicted octanol–water partition coefficient (Wildman–Crippen LogP) is 12.9. The molecule has 0 radical (unpaired) electrons. The Balaban J connectivity index is 3.50. The molecule has 0 spiro atoms. The van der Waals surface area contributed by atoms with Crippen molar-refractivity contribution in [2.75, 3.05) is 13.2 Å². The molecule has 2 atom stereocenters. The van der Waals surface area contributed by atoms with Gasteiger partial charge in [-0.2, -0.15) is 0 Å². The lowest BCUT2D eigenvalue weighted by atomic mass is 10.0. The number of rotatable bonds is 41. The quantitative estimate of drug-likeness (QED) is 0.0329. The molecule has 2 unspecified atom stereocenters. The number of carbonyl (C=O) groups is 2. The molecule has 0 saturated carbocycles. The fourth-order valence-electron chi connectivity index (χ4n) is 6.60. The molecule has 0 aliphatic heterocycles. The van der Waals surface area contributed by atoms with Gasteiger partial charge < -0.3 is 20.3 Å². The van der Waals surface area contributed by atoms with Crippen molar-refractivity contribution in [1.29, 1.82) is 0 Å². The fourth-order valence-corrected chi connectivity index (χ4v) is 6.60. The van der Waals surface area contributed by atoms with Crippen LogP contribution in [0.15, 0.2) is 36.5 Å². The summed E-state index contributed by atoms with van der Waals surface area (Å²) in [6.45, 7) is 4.79. The van der Waals surface area contributed by atoms with Crippen LogP contribution in [0.1, 0.15) is 226 Å². The number of aliphatic hydroxyl groups is 2. The highest BCUT2D eigenvalue weighted by atomic mass is 16.5. The second kappa shape index (κ2) is 42.8. The van der Waals surface area contributed by atoms with Crippen LogP contribution in [-0.4, -0.2) is 47.4 Å². The summed E-state index contributed by atoms with van der Waals surface area (Å²) in [4.78, 5) is 24.3. The van der Waals surface area contributed by atoms with Crippen LogP contribution in [-0.2, 0) is 14.3 Å². The van der Waals surface area contributed by atoms with Gasteiger partial charge in [0.05, 0.1) is 25.4 Å². The van der Waals surface area contributed by atoms with Gasteiger partial charge >= 0.3 is 5.97 Å². The standard InChI is InChI=1S/C47H87NO5/c1-3-5-7-9-11-13-14-15-16-17-18-21-25-29-33-37-41-47(52)53-42-38-34-30-26-22-19-20-24-28-32-36-40-46(51)48-44(43-49)45(50)39-35-31-27-23-12-10-8-6-4-2/h13-14,16-17,35,39,44-45,49-50H,3-12,15,18-34,36-38,40-43H2,1-2H3,(H,48,51)/b14-13-,17-16-,39-35+. The zero-order valence-corrected chi connectivity index (χ0v) is 35.0. The van der Waals surface area contributed by atoms with Crippen molar-refractivity contribution in [2.45, 2.75) is 238 Å². The van der Waals surface area contributed by atoms with E-state index in [1.807, 2.05) is 6.08 Å². The number of unbranched alkanes of at least 4 members (excludes halogenated alkanes) is 26.